The third-order valence-corrected chi connectivity index (χ3v) is 4.06. The van der Waals surface area contributed by atoms with Gasteiger partial charge in [-0.3, -0.25) is 4.98 Å². The molecule has 0 atom stereocenters. The maximum atomic E-state index is 10.3. The van der Waals surface area contributed by atoms with Gasteiger partial charge < -0.3 is 5.11 Å². The zero-order chi connectivity index (χ0) is 13.4. The molecule has 0 amide bonds. The Balaban J connectivity index is 2.34. The summed E-state index contributed by atoms with van der Waals surface area (Å²) in [4.78, 5) is 8.71. The summed E-state index contributed by atoms with van der Waals surface area (Å²) in [5.41, 5.74) is 1.92. The number of rotatable bonds is 1. The van der Waals surface area contributed by atoms with E-state index < -0.39 is 0 Å². The average molecular weight is 380 g/mol. The molecule has 0 saturated heterocycles. The minimum absolute atomic E-state index is 0.101. The SMILES string of the molecule is Oc1c(-c2ccccn2)nc2ccc(Br)cc2c1Br. The van der Waals surface area contributed by atoms with E-state index in [1.54, 1.807) is 6.20 Å². The largest absolute Gasteiger partial charge is 0.504 e. The van der Waals surface area contributed by atoms with Gasteiger partial charge >= 0.3 is 0 Å². The van der Waals surface area contributed by atoms with Crippen LogP contribution < -0.4 is 0 Å². The molecule has 1 aromatic carbocycles. The maximum Gasteiger partial charge on any atom is 0.158 e. The summed E-state index contributed by atoms with van der Waals surface area (Å²) in [6, 6.07) is 11.2. The van der Waals surface area contributed by atoms with E-state index in [4.69, 9.17) is 0 Å². The van der Waals surface area contributed by atoms with Crippen LogP contribution in [0, 0.1) is 0 Å². The average Bonchev–Trinajstić information content (AvgIpc) is 2.44. The molecular weight excluding hydrogens is 372 g/mol. The number of hydrogen-bond donors (Lipinski definition) is 1. The molecule has 0 spiro atoms. The smallest absolute Gasteiger partial charge is 0.158 e. The van der Waals surface area contributed by atoms with E-state index in [0.717, 1.165) is 15.4 Å². The molecule has 0 aliphatic carbocycles. The second-order valence-corrected chi connectivity index (χ2v) is 5.71. The van der Waals surface area contributed by atoms with E-state index >= 15 is 0 Å². The van der Waals surface area contributed by atoms with Crippen molar-refractivity contribution in [2.45, 2.75) is 0 Å². The van der Waals surface area contributed by atoms with Crippen LogP contribution in [0.1, 0.15) is 0 Å². The molecule has 0 fully saturated rings. The van der Waals surface area contributed by atoms with Crippen LogP contribution in [0.5, 0.6) is 5.75 Å². The molecule has 0 aliphatic heterocycles. The highest BCUT2D eigenvalue weighted by molar-refractivity contribution is 9.11. The van der Waals surface area contributed by atoms with Crippen LogP contribution in [0.4, 0.5) is 0 Å². The van der Waals surface area contributed by atoms with Gasteiger partial charge in [0.1, 0.15) is 5.69 Å². The minimum Gasteiger partial charge on any atom is -0.504 e. The first-order valence-corrected chi connectivity index (χ1v) is 7.14. The first-order chi connectivity index (χ1) is 9.16. The molecule has 3 aromatic rings. The normalized spacial score (nSPS) is 10.8. The number of fused-ring (bicyclic) bond motifs is 1. The number of aromatic hydroxyl groups is 1. The van der Waals surface area contributed by atoms with Gasteiger partial charge in [0.05, 0.1) is 15.7 Å². The molecule has 2 heterocycles. The van der Waals surface area contributed by atoms with Crippen molar-refractivity contribution >= 4 is 42.8 Å². The Morgan fingerprint density at radius 3 is 2.63 bits per heavy atom. The Kier molecular flexibility index (Phi) is 3.24. The number of halogens is 2. The van der Waals surface area contributed by atoms with E-state index in [-0.39, 0.29) is 5.75 Å². The summed E-state index contributed by atoms with van der Waals surface area (Å²) in [5, 5.41) is 11.1. The van der Waals surface area contributed by atoms with Crippen molar-refractivity contribution in [2.24, 2.45) is 0 Å². The predicted molar refractivity (Wildman–Crippen MR) is 82.0 cm³/mol. The maximum absolute atomic E-state index is 10.3. The standard InChI is InChI=1S/C14H8Br2N2O/c15-8-4-5-10-9(7-8)12(16)14(19)13(18-10)11-3-1-2-6-17-11/h1-7,19H. The highest BCUT2D eigenvalue weighted by Crippen LogP contribution is 2.38. The number of benzene rings is 1. The van der Waals surface area contributed by atoms with Gasteiger partial charge in [-0.15, -0.1) is 0 Å². The van der Waals surface area contributed by atoms with Crippen LogP contribution >= 0.6 is 31.9 Å². The highest BCUT2D eigenvalue weighted by atomic mass is 79.9. The molecule has 19 heavy (non-hydrogen) atoms. The van der Waals surface area contributed by atoms with Gasteiger partial charge in [-0.2, -0.15) is 0 Å². The zero-order valence-electron chi connectivity index (χ0n) is 9.64. The van der Waals surface area contributed by atoms with Gasteiger partial charge in [-0.1, -0.05) is 22.0 Å². The Hall–Kier alpha value is -1.46. The molecule has 3 nitrogen and oxygen atoms in total. The fraction of sp³-hybridized carbons (Fsp3) is 0. The quantitative estimate of drug-likeness (QED) is 0.675. The van der Waals surface area contributed by atoms with E-state index in [9.17, 15) is 5.11 Å². The van der Waals surface area contributed by atoms with Gasteiger partial charge in [-0.25, -0.2) is 4.98 Å². The van der Waals surface area contributed by atoms with Crippen molar-refractivity contribution < 1.29 is 5.11 Å². The van der Waals surface area contributed by atoms with E-state index in [0.29, 0.717) is 15.9 Å². The van der Waals surface area contributed by atoms with Crippen LogP contribution in [0.25, 0.3) is 22.3 Å². The van der Waals surface area contributed by atoms with E-state index in [2.05, 4.69) is 41.8 Å². The zero-order valence-corrected chi connectivity index (χ0v) is 12.8. The number of pyridine rings is 2. The van der Waals surface area contributed by atoms with Gasteiger partial charge in [-0.05, 0) is 46.3 Å². The molecule has 0 aliphatic rings. The monoisotopic (exact) mass is 378 g/mol. The van der Waals surface area contributed by atoms with Crippen molar-refractivity contribution in [1.82, 2.24) is 9.97 Å². The molecule has 0 bridgehead atoms. The van der Waals surface area contributed by atoms with Crippen LogP contribution in [-0.2, 0) is 0 Å². The van der Waals surface area contributed by atoms with Crippen LogP contribution in [0.2, 0.25) is 0 Å². The topological polar surface area (TPSA) is 46.0 Å². The molecule has 0 saturated carbocycles. The summed E-state index contributed by atoms with van der Waals surface area (Å²) in [6.45, 7) is 0. The molecule has 94 valence electrons. The predicted octanol–water partition coefficient (Wildman–Crippen LogP) is 4.53. The summed E-state index contributed by atoms with van der Waals surface area (Å²) in [5.74, 6) is 0.101. The molecule has 0 unspecified atom stereocenters. The summed E-state index contributed by atoms with van der Waals surface area (Å²) >= 11 is 6.84. The van der Waals surface area contributed by atoms with Crippen molar-refractivity contribution in [3.05, 3.63) is 51.5 Å². The Bertz CT molecular complexity index is 760. The van der Waals surface area contributed by atoms with Crippen molar-refractivity contribution in [3.8, 4) is 17.1 Å². The Morgan fingerprint density at radius 1 is 1.05 bits per heavy atom. The molecule has 5 heteroatoms. The number of hydrogen-bond acceptors (Lipinski definition) is 3. The lowest BCUT2D eigenvalue weighted by molar-refractivity contribution is 0.472. The van der Waals surface area contributed by atoms with Gasteiger partial charge in [0, 0.05) is 16.1 Å². The van der Waals surface area contributed by atoms with Crippen molar-refractivity contribution in [3.63, 3.8) is 0 Å². The number of nitrogens with zero attached hydrogens (tertiary/aromatic N) is 2. The second-order valence-electron chi connectivity index (χ2n) is 4.00. The van der Waals surface area contributed by atoms with Gasteiger partial charge in [0.25, 0.3) is 0 Å². The first-order valence-electron chi connectivity index (χ1n) is 5.56. The van der Waals surface area contributed by atoms with Crippen LogP contribution in [0.15, 0.2) is 51.5 Å². The first kappa shape index (κ1) is 12.6. The van der Waals surface area contributed by atoms with Gasteiger partial charge in [0.15, 0.2) is 5.75 Å². The molecule has 2 aromatic heterocycles. The Labute approximate surface area is 126 Å². The third-order valence-electron chi connectivity index (χ3n) is 2.77. The fourth-order valence-electron chi connectivity index (χ4n) is 1.87. The lowest BCUT2D eigenvalue weighted by Gasteiger charge is -2.08. The molecular formula is C14H8Br2N2O. The highest BCUT2D eigenvalue weighted by Gasteiger charge is 2.14. The summed E-state index contributed by atoms with van der Waals surface area (Å²) in [6.07, 6.45) is 1.68. The van der Waals surface area contributed by atoms with E-state index in [1.807, 2.05) is 36.4 Å². The number of aromatic nitrogens is 2. The van der Waals surface area contributed by atoms with Crippen molar-refractivity contribution in [1.29, 1.82) is 0 Å². The Morgan fingerprint density at radius 2 is 1.89 bits per heavy atom. The second kappa shape index (κ2) is 4.90. The lowest BCUT2D eigenvalue weighted by atomic mass is 10.1. The van der Waals surface area contributed by atoms with Crippen LogP contribution in [0.3, 0.4) is 0 Å². The fourth-order valence-corrected chi connectivity index (χ4v) is 2.73. The minimum atomic E-state index is 0.101. The molecule has 1 N–H and O–H groups in total. The summed E-state index contributed by atoms with van der Waals surface area (Å²) < 4.78 is 1.56. The molecule has 0 radical (unpaired) electrons. The third kappa shape index (κ3) is 2.24. The lowest BCUT2D eigenvalue weighted by Crippen LogP contribution is -1.90. The van der Waals surface area contributed by atoms with E-state index in [1.165, 1.54) is 0 Å². The molecule has 3 rings (SSSR count). The van der Waals surface area contributed by atoms with Crippen molar-refractivity contribution in [2.75, 3.05) is 0 Å². The summed E-state index contributed by atoms with van der Waals surface area (Å²) in [7, 11) is 0. The van der Waals surface area contributed by atoms with Crippen LogP contribution in [-0.4, -0.2) is 15.1 Å². The van der Waals surface area contributed by atoms with Gasteiger partial charge in [0.2, 0.25) is 0 Å².